The number of ether oxygens (including phenoxy) is 2. The molecule has 0 amide bonds. The fourth-order valence-electron chi connectivity index (χ4n) is 3.72. The van der Waals surface area contributed by atoms with Crippen LogP contribution in [0.15, 0.2) is 0 Å². The summed E-state index contributed by atoms with van der Waals surface area (Å²) >= 11 is 0. The van der Waals surface area contributed by atoms with Gasteiger partial charge in [0.2, 0.25) is 0 Å². The number of esters is 2. The van der Waals surface area contributed by atoms with Gasteiger partial charge in [0.15, 0.2) is 5.41 Å². The smallest absolute Gasteiger partial charge is 0.327 e. The molecule has 0 aromatic carbocycles. The first kappa shape index (κ1) is 13.4. The van der Waals surface area contributed by atoms with Crippen molar-refractivity contribution in [2.75, 3.05) is 0 Å². The van der Waals surface area contributed by atoms with E-state index in [4.69, 9.17) is 9.47 Å². The van der Waals surface area contributed by atoms with Crippen LogP contribution >= 0.6 is 0 Å². The van der Waals surface area contributed by atoms with E-state index < -0.39 is 22.9 Å². The molecule has 0 radical (unpaired) electrons. The van der Waals surface area contributed by atoms with Crippen LogP contribution in [0.4, 0.5) is 0 Å². The van der Waals surface area contributed by atoms with Crippen LogP contribution in [0.1, 0.15) is 40.0 Å². The third kappa shape index (κ3) is 1.48. The van der Waals surface area contributed by atoms with Gasteiger partial charge < -0.3 is 9.47 Å². The minimum absolute atomic E-state index is 0.0766. The van der Waals surface area contributed by atoms with E-state index in [2.05, 4.69) is 6.07 Å². The Morgan fingerprint density at radius 3 is 2.90 bits per heavy atom. The quantitative estimate of drug-likeness (QED) is 0.735. The zero-order chi connectivity index (χ0) is 14.7. The highest BCUT2D eigenvalue weighted by Gasteiger charge is 2.72. The summed E-state index contributed by atoms with van der Waals surface area (Å²) in [5, 5.41) is 9.31. The molecule has 1 aliphatic heterocycles. The zero-order valence-corrected chi connectivity index (χ0v) is 12.0. The van der Waals surface area contributed by atoms with Crippen LogP contribution in [-0.2, 0) is 19.1 Å². The molecular weight excluding hydrogens is 258 g/mol. The van der Waals surface area contributed by atoms with E-state index in [1.807, 2.05) is 20.8 Å². The van der Waals surface area contributed by atoms with Gasteiger partial charge in [0.1, 0.15) is 12.2 Å². The molecule has 3 rings (SSSR count). The van der Waals surface area contributed by atoms with E-state index in [0.29, 0.717) is 12.8 Å². The predicted molar refractivity (Wildman–Crippen MR) is 68.1 cm³/mol. The van der Waals surface area contributed by atoms with Crippen LogP contribution in [0.2, 0.25) is 0 Å². The average Bonchev–Trinajstić information content (AvgIpc) is 3.00. The van der Waals surface area contributed by atoms with Crippen molar-refractivity contribution in [3.63, 3.8) is 0 Å². The molecule has 20 heavy (non-hydrogen) atoms. The Morgan fingerprint density at radius 1 is 1.60 bits per heavy atom. The summed E-state index contributed by atoms with van der Waals surface area (Å²) in [7, 11) is 0. The first-order chi connectivity index (χ1) is 9.35. The lowest BCUT2D eigenvalue weighted by atomic mass is 9.74. The number of carbonyl (C=O) groups is 2. The molecular formula is C15H19NO4. The summed E-state index contributed by atoms with van der Waals surface area (Å²) < 4.78 is 11.0. The molecule has 4 unspecified atom stereocenters. The summed E-state index contributed by atoms with van der Waals surface area (Å²) in [5.74, 6) is -0.700. The van der Waals surface area contributed by atoms with Gasteiger partial charge in [0.25, 0.3) is 0 Å². The Bertz CT molecular complexity index is 520. The highest BCUT2D eigenvalue weighted by atomic mass is 16.6. The molecule has 0 aromatic rings. The summed E-state index contributed by atoms with van der Waals surface area (Å²) in [5.41, 5.74) is -1.50. The number of carbonyl (C=O) groups excluding carboxylic acids is 2. The number of nitriles is 1. The number of nitrogens with zero attached hydrogens (tertiary/aromatic N) is 1. The minimum Gasteiger partial charge on any atom is -0.458 e. The number of rotatable bonds is 3. The maximum atomic E-state index is 12.2. The van der Waals surface area contributed by atoms with Crippen LogP contribution in [0.25, 0.3) is 0 Å². The first-order valence-corrected chi connectivity index (χ1v) is 7.19. The Balaban J connectivity index is 1.80. The molecule has 0 N–H and O–H groups in total. The van der Waals surface area contributed by atoms with Crippen molar-refractivity contribution in [3.05, 3.63) is 0 Å². The SMILES string of the molecule is CCC(C)(C)C(=O)OC1C2CC3[C@H]1OC(=O)C3(C#N)C2. The van der Waals surface area contributed by atoms with Gasteiger partial charge in [-0.05, 0) is 33.1 Å². The number of hydrogen-bond acceptors (Lipinski definition) is 5. The van der Waals surface area contributed by atoms with E-state index in [-0.39, 0.29) is 23.9 Å². The van der Waals surface area contributed by atoms with Crippen LogP contribution in [0, 0.1) is 34.0 Å². The molecule has 5 nitrogen and oxygen atoms in total. The molecule has 1 saturated heterocycles. The van der Waals surface area contributed by atoms with E-state index in [1.54, 1.807) is 0 Å². The second-order valence-corrected chi connectivity index (χ2v) is 6.87. The Morgan fingerprint density at radius 2 is 2.30 bits per heavy atom. The molecule has 1 heterocycles. The van der Waals surface area contributed by atoms with Crippen LogP contribution < -0.4 is 0 Å². The van der Waals surface area contributed by atoms with Crippen molar-refractivity contribution in [2.24, 2.45) is 22.7 Å². The molecule has 3 fully saturated rings. The van der Waals surface area contributed by atoms with Crippen molar-refractivity contribution in [2.45, 2.75) is 52.2 Å². The molecule has 0 spiro atoms. The molecule has 0 aromatic heterocycles. The molecule has 2 aliphatic carbocycles. The highest BCUT2D eigenvalue weighted by Crippen LogP contribution is 2.62. The Labute approximate surface area is 118 Å². The lowest BCUT2D eigenvalue weighted by Crippen LogP contribution is -2.42. The van der Waals surface area contributed by atoms with Gasteiger partial charge >= 0.3 is 11.9 Å². The van der Waals surface area contributed by atoms with Gasteiger partial charge in [-0.3, -0.25) is 9.59 Å². The molecule has 2 saturated carbocycles. The summed E-state index contributed by atoms with van der Waals surface area (Å²) in [6, 6.07) is 2.15. The maximum Gasteiger partial charge on any atom is 0.327 e. The van der Waals surface area contributed by atoms with Gasteiger partial charge in [-0.25, -0.2) is 0 Å². The van der Waals surface area contributed by atoms with E-state index >= 15 is 0 Å². The maximum absolute atomic E-state index is 12.2. The lowest BCUT2D eigenvalue weighted by Gasteiger charge is -2.30. The molecule has 2 bridgehead atoms. The van der Waals surface area contributed by atoms with Crippen LogP contribution in [-0.4, -0.2) is 24.1 Å². The predicted octanol–water partition coefficient (Wildman–Crippen LogP) is 1.81. The molecule has 5 heteroatoms. The standard InChI is InChI=1S/C15H19NO4/c1-4-14(2,3)12(17)19-10-8-5-9-11(10)20-13(18)15(9,6-8)7-16/h8-11H,4-6H2,1-3H3/t8?,9?,10?,11-,15?/m1/s1. The third-order valence-corrected chi connectivity index (χ3v) is 5.45. The fraction of sp³-hybridized carbons (Fsp3) is 0.800. The normalized spacial score (nSPS) is 41.4. The van der Waals surface area contributed by atoms with E-state index in [9.17, 15) is 14.9 Å². The van der Waals surface area contributed by atoms with Crippen molar-refractivity contribution in [1.29, 1.82) is 5.26 Å². The van der Waals surface area contributed by atoms with Crippen LogP contribution in [0.3, 0.4) is 0 Å². The highest BCUT2D eigenvalue weighted by molar-refractivity contribution is 5.84. The Kier molecular flexibility index (Phi) is 2.66. The van der Waals surface area contributed by atoms with Gasteiger partial charge in [0.05, 0.1) is 11.5 Å². The minimum atomic E-state index is -0.974. The van der Waals surface area contributed by atoms with Crippen molar-refractivity contribution in [1.82, 2.24) is 0 Å². The van der Waals surface area contributed by atoms with Gasteiger partial charge in [-0.2, -0.15) is 5.26 Å². The third-order valence-electron chi connectivity index (χ3n) is 5.45. The summed E-state index contributed by atoms with van der Waals surface area (Å²) in [6.45, 7) is 5.64. The van der Waals surface area contributed by atoms with Gasteiger partial charge in [-0.1, -0.05) is 6.92 Å². The summed E-state index contributed by atoms with van der Waals surface area (Å²) in [4.78, 5) is 24.2. The van der Waals surface area contributed by atoms with E-state index in [0.717, 1.165) is 6.42 Å². The van der Waals surface area contributed by atoms with Crippen molar-refractivity contribution >= 4 is 11.9 Å². The number of hydrogen-bond donors (Lipinski definition) is 0. The fourth-order valence-corrected chi connectivity index (χ4v) is 3.72. The van der Waals surface area contributed by atoms with Crippen LogP contribution in [0.5, 0.6) is 0 Å². The van der Waals surface area contributed by atoms with Gasteiger partial charge in [-0.15, -0.1) is 0 Å². The topological polar surface area (TPSA) is 76.4 Å². The number of fused-ring (bicyclic) bond motifs is 1. The lowest BCUT2D eigenvalue weighted by molar-refractivity contribution is -0.170. The Hall–Kier alpha value is -1.57. The average molecular weight is 277 g/mol. The van der Waals surface area contributed by atoms with Gasteiger partial charge in [0, 0.05) is 11.8 Å². The second-order valence-electron chi connectivity index (χ2n) is 6.87. The largest absolute Gasteiger partial charge is 0.458 e. The first-order valence-electron chi connectivity index (χ1n) is 7.19. The molecule has 5 atom stereocenters. The summed E-state index contributed by atoms with van der Waals surface area (Å²) in [6.07, 6.45) is 1.12. The van der Waals surface area contributed by atoms with Crippen molar-refractivity contribution in [3.8, 4) is 6.07 Å². The molecule has 3 aliphatic rings. The van der Waals surface area contributed by atoms with E-state index in [1.165, 1.54) is 0 Å². The molecule has 108 valence electrons. The van der Waals surface area contributed by atoms with Crippen molar-refractivity contribution < 1.29 is 19.1 Å². The second kappa shape index (κ2) is 3.97. The zero-order valence-electron chi connectivity index (χ0n) is 12.0. The monoisotopic (exact) mass is 277 g/mol.